The Morgan fingerprint density at radius 1 is 1.07 bits per heavy atom. The number of likely N-dealkylation sites (N-methyl/N-ethyl adjacent to an activating group) is 1. The molecule has 0 bridgehead atoms. The highest BCUT2D eigenvalue weighted by atomic mass is 16.7. The Kier molecular flexibility index (Phi) is 12.8. The summed E-state index contributed by atoms with van der Waals surface area (Å²) < 4.78 is 23.9. The number of hydrogen-bond acceptors (Lipinski definition) is 16. The van der Waals surface area contributed by atoms with Crippen LogP contribution in [-0.4, -0.2) is 156 Å². The van der Waals surface area contributed by atoms with Crippen molar-refractivity contribution in [2.75, 3.05) is 46.4 Å². The molecule has 2 aliphatic heterocycles. The van der Waals surface area contributed by atoms with Crippen LogP contribution >= 0.6 is 0 Å². The first-order chi connectivity index (χ1) is 19.8. The third-order valence-electron chi connectivity index (χ3n) is 8.31. The summed E-state index contributed by atoms with van der Waals surface area (Å²) in [6.45, 7) is 1.23. The normalized spacial score (nSPS) is 41.5. The predicted molar refractivity (Wildman–Crippen MR) is 148 cm³/mol. The smallest absolute Gasteiger partial charge is 0.254 e. The molecule has 0 aromatic heterocycles. The van der Waals surface area contributed by atoms with Crippen molar-refractivity contribution in [2.24, 2.45) is 22.9 Å². The fourth-order valence-corrected chi connectivity index (χ4v) is 5.68. The summed E-state index contributed by atoms with van der Waals surface area (Å²) in [6, 6.07) is -3.19. The van der Waals surface area contributed by atoms with Crippen LogP contribution in [0.25, 0.3) is 0 Å². The van der Waals surface area contributed by atoms with Gasteiger partial charge in [-0.15, -0.1) is 0 Å². The van der Waals surface area contributed by atoms with Crippen molar-refractivity contribution in [1.82, 2.24) is 16.0 Å². The van der Waals surface area contributed by atoms with Crippen molar-refractivity contribution in [1.29, 1.82) is 0 Å². The fourth-order valence-electron chi connectivity index (χ4n) is 5.68. The molecule has 17 heteroatoms. The molecule has 1 aliphatic carbocycles. The van der Waals surface area contributed by atoms with E-state index in [9.17, 15) is 25.2 Å². The van der Waals surface area contributed by atoms with E-state index in [0.29, 0.717) is 25.9 Å². The lowest BCUT2D eigenvalue weighted by atomic mass is 9.83. The third-order valence-corrected chi connectivity index (χ3v) is 8.31. The van der Waals surface area contributed by atoms with Gasteiger partial charge < -0.3 is 83.4 Å². The zero-order valence-corrected chi connectivity index (χ0v) is 24.3. The van der Waals surface area contributed by atoms with Crippen LogP contribution in [0.5, 0.6) is 0 Å². The van der Waals surface area contributed by atoms with E-state index in [4.69, 9.17) is 47.0 Å². The van der Waals surface area contributed by atoms with Crippen molar-refractivity contribution in [3.8, 4) is 0 Å². The lowest BCUT2D eigenvalue weighted by molar-refractivity contribution is -0.308. The molecule has 6 unspecified atom stereocenters. The molecule has 3 aliphatic rings. The Balaban J connectivity index is 1.82. The van der Waals surface area contributed by atoms with Gasteiger partial charge in [0.2, 0.25) is 0 Å². The van der Waals surface area contributed by atoms with Gasteiger partial charge in [0.15, 0.2) is 18.2 Å². The van der Waals surface area contributed by atoms with E-state index >= 15 is 0 Å². The number of carbonyl (C=O) groups is 1. The van der Waals surface area contributed by atoms with Crippen LogP contribution in [0.15, 0.2) is 0 Å². The fraction of sp³-hybridized carbons (Fsp3) is 0.960. The van der Waals surface area contributed by atoms with Crippen LogP contribution < -0.4 is 38.9 Å². The Labute approximate surface area is 245 Å². The zero-order valence-electron chi connectivity index (χ0n) is 24.3. The lowest BCUT2D eigenvalue weighted by Crippen LogP contribution is -2.70. The maximum atomic E-state index is 13.0. The molecule has 0 aromatic rings. The van der Waals surface area contributed by atoms with E-state index < -0.39 is 91.4 Å². The maximum absolute atomic E-state index is 13.0. The number of nitrogens with one attached hydrogen (secondary N) is 3. The summed E-state index contributed by atoms with van der Waals surface area (Å²) in [5, 5.41) is 61.3. The SMILES string of the molecule is CN[C@@H]1C(O)[C@@H](OC2C(O)C(O[C@H]3O[C@H](CNCCO)CCC3N)[C@@H](N)C[C@H]2NC(=O)C(O)(CN)CN)OCC1(C)O. The van der Waals surface area contributed by atoms with Gasteiger partial charge in [-0.25, -0.2) is 0 Å². The van der Waals surface area contributed by atoms with Gasteiger partial charge in [0.05, 0.1) is 37.4 Å². The Hall–Kier alpha value is -1.13. The number of aliphatic hydroxyl groups excluding tert-OH is 3. The van der Waals surface area contributed by atoms with Gasteiger partial charge >= 0.3 is 0 Å². The van der Waals surface area contributed by atoms with Crippen molar-refractivity contribution >= 4 is 5.91 Å². The molecule has 246 valence electrons. The summed E-state index contributed by atoms with van der Waals surface area (Å²) in [5.41, 5.74) is 20.4. The molecule has 2 saturated heterocycles. The summed E-state index contributed by atoms with van der Waals surface area (Å²) in [6.07, 6.45) is -6.43. The van der Waals surface area contributed by atoms with Gasteiger partial charge in [-0.3, -0.25) is 4.79 Å². The second-order valence-corrected chi connectivity index (χ2v) is 11.7. The van der Waals surface area contributed by atoms with E-state index in [-0.39, 0.29) is 25.7 Å². The molecular formula is C25H51N7O10. The number of carbonyl (C=O) groups excluding carboxylic acids is 1. The first kappa shape index (κ1) is 35.4. The molecule has 12 atom stereocenters. The molecule has 16 N–H and O–H groups in total. The van der Waals surface area contributed by atoms with Crippen molar-refractivity contribution in [2.45, 2.75) is 105 Å². The van der Waals surface area contributed by atoms with Gasteiger partial charge in [-0.05, 0) is 33.2 Å². The van der Waals surface area contributed by atoms with E-state index in [1.807, 2.05) is 0 Å². The summed E-state index contributed by atoms with van der Waals surface area (Å²) >= 11 is 0. The third kappa shape index (κ3) is 8.12. The second kappa shape index (κ2) is 15.2. The molecule has 17 nitrogen and oxygen atoms in total. The number of aliphatic hydroxyl groups is 5. The van der Waals surface area contributed by atoms with E-state index in [1.54, 1.807) is 7.05 Å². The number of rotatable bonds is 13. The van der Waals surface area contributed by atoms with Crippen molar-refractivity contribution in [3.63, 3.8) is 0 Å². The molecule has 2 heterocycles. The number of ether oxygens (including phenoxy) is 4. The molecule has 0 spiro atoms. The number of nitrogens with two attached hydrogens (primary N) is 4. The van der Waals surface area contributed by atoms with Gasteiger partial charge in [0, 0.05) is 32.2 Å². The van der Waals surface area contributed by atoms with E-state index in [2.05, 4.69) is 16.0 Å². The Bertz CT molecular complexity index is 856. The maximum Gasteiger partial charge on any atom is 0.254 e. The number of amides is 1. The van der Waals surface area contributed by atoms with Crippen LogP contribution in [0.2, 0.25) is 0 Å². The van der Waals surface area contributed by atoms with Crippen LogP contribution in [0.3, 0.4) is 0 Å². The molecule has 3 rings (SSSR count). The number of hydrogen-bond donors (Lipinski definition) is 12. The first-order valence-corrected chi connectivity index (χ1v) is 14.4. The molecule has 1 saturated carbocycles. The largest absolute Gasteiger partial charge is 0.395 e. The van der Waals surface area contributed by atoms with Crippen molar-refractivity contribution < 1.29 is 49.3 Å². The lowest BCUT2D eigenvalue weighted by Gasteiger charge is -2.49. The summed E-state index contributed by atoms with van der Waals surface area (Å²) in [7, 11) is 1.56. The standard InChI is InChI=1S/C25H51N7O10/c1-24(37)11-39-22(17(35)20(24)30-2)42-19-15(32-23(36)25(38,9-26)10-27)7-14(29)18(16(19)34)41-21-13(28)4-3-12(40-21)8-31-5-6-33/h12-22,30-31,33-35,37-38H,3-11,26-29H2,1-2H3,(H,32,36)/t12-,13?,14-,15+,16?,17?,18?,19?,20+,21+,22+,24?/m0/s1. The highest BCUT2D eigenvalue weighted by Crippen LogP contribution is 2.32. The molecule has 0 aromatic carbocycles. The molecule has 42 heavy (non-hydrogen) atoms. The monoisotopic (exact) mass is 609 g/mol. The highest BCUT2D eigenvalue weighted by molar-refractivity contribution is 5.85. The predicted octanol–water partition coefficient (Wildman–Crippen LogP) is -6.55. The molecule has 1 amide bonds. The zero-order chi connectivity index (χ0) is 31.2. The average molecular weight is 610 g/mol. The highest BCUT2D eigenvalue weighted by Gasteiger charge is 2.52. The quantitative estimate of drug-likeness (QED) is 0.0864. The minimum atomic E-state index is -2.08. The molecular weight excluding hydrogens is 558 g/mol. The van der Waals surface area contributed by atoms with Gasteiger partial charge in [0.25, 0.3) is 5.91 Å². The van der Waals surface area contributed by atoms with Gasteiger partial charge in [0.1, 0.15) is 30.0 Å². The van der Waals surface area contributed by atoms with Crippen LogP contribution in [0.4, 0.5) is 0 Å². The summed E-state index contributed by atoms with van der Waals surface area (Å²) in [5.74, 6) is -0.887. The summed E-state index contributed by atoms with van der Waals surface area (Å²) in [4.78, 5) is 13.0. The second-order valence-electron chi connectivity index (χ2n) is 11.7. The minimum Gasteiger partial charge on any atom is -0.395 e. The van der Waals surface area contributed by atoms with Gasteiger partial charge in [-0.2, -0.15) is 0 Å². The topological polar surface area (TPSA) is 295 Å². The minimum absolute atomic E-state index is 0.0167. The van der Waals surface area contributed by atoms with Crippen LogP contribution in [0.1, 0.15) is 26.2 Å². The van der Waals surface area contributed by atoms with Gasteiger partial charge in [-0.1, -0.05) is 0 Å². The first-order valence-electron chi connectivity index (χ1n) is 14.4. The van der Waals surface area contributed by atoms with Crippen molar-refractivity contribution in [3.05, 3.63) is 0 Å². The Morgan fingerprint density at radius 2 is 1.74 bits per heavy atom. The van der Waals surface area contributed by atoms with E-state index in [1.165, 1.54) is 6.92 Å². The average Bonchev–Trinajstić information content (AvgIpc) is 2.95. The van der Waals surface area contributed by atoms with E-state index in [0.717, 1.165) is 0 Å². The molecule has 3 fully saturated rings. The Morgan fingerprint density at radius 3 is 2.36 bits per heavy atom. The van der Waals surface area contributed by atoms with Crippen LogP contribution in [-0.2, 0) is 23.7 Å². The van der Waals surface area contributed by atoms with Crippen LogP contribution in [0, 0.1) is 0 Å². The molecule has 0 radical (unpaired) electrons.